The Kier molecular flexibility index (Phi) is 7.37. The van der Waals surface area contributed by atoms with Gasteiger partial charge in [0, 0.05) is 36.9 Å². The van der Waals surface area contributed by atoms with E-state index in [0.29, 0.717) is 37.0 Å². The van der Waals surface area contributed by atoms with Gasteiger partial charge in [-0.05, 0) is 60.7 Å². The average Bonchev–Trinajstić information content (AvgIpc) is 3.69. The Morgan fingerprint density at radius 1 is 0.977 bits per heavy atom. The van der Waals surface area contributed by atoms with Crippen molar-refractivity contribution < 1.29 is 9.53 Å². The zero-order valence-corrected chi connectivity index (χ0v) is 23.9. The summed E-state index contributed by atoms with van der Waals surface area (Å²) >= 11 is 0. The average molecular weight is 590 g/mol. The van der Waals surface area contributed by atoms with Crippen molar-refractivity contribution in [3.8, 4) is 0 Å². The molecule has 0 atom stereocenters. The molecule has 1 aliphatic rings. The molecule has 44 heavy (non-hydrogen) atoms. The molecule has 3 aromatic heterocycles. The van der Waals surface area contributed by atoms with Crippen molar-refractivity contribution in [1.82, 2.24) is 35.0 Å². The van der Waals surface area contributed by atoms with Crippen molar-refractivity contribution in [3.63, 3.8) is 0 Å². The van der Waals surface area contributed by atoms with Gasteiger partial charge < -0.3 is 29.8 Å². The monoisotopic (exact) mass is 589 g/mol. The van der Waals surface area contributed by atoms with E-state index in [0.717, 1.165) is 52.0 Å². The number of carbonyl (C=O) groups excluding carboxylic acids is 1. The quantitative estimate of drug-likeness (QED) is 0.183. The number of imidazole rings is 1. The van der Waals surface area contributed by atoms with Gasteiger partial charge in [-0.3, -0.25) is 5.10 Å². The summed E-state index contributed by atoms with van der Waals surface area (Å²) in [6.45, 7) is 2.22. The van der Waals surface area contributed by atoms with Gasteiger partial charge in [-0.1, -0.05) is 36.4 Å². The van der Waals surface area contributed by atoms with Crippen LogP contribution in [0.5, 0.6) is 0 Å². The molecule has 222 valence electrons. The lowest BCUT2D eigenvalue weighted by Gasteiger charge is -2.35. The van der Waals surface area contributed by atoms with E-state index in [1.807, 2.05) is 72.9 Å². The molecule has 1 amide bonds. The Morgan fingerprint density at radius 3 is 2.68 bits per heavy atom. The number of nitrogens with one attached hydrogen (secondary N) is 4. The van der Waals surface area contributed by atoms with E-state index in [4.69, 9.17) is 9.72 Å². The number of carbonyl (C=O) groups is 1. The van der Waals surface area contributed by atoms with Crippen molar-refractivity contribution in [1.29, 1.82) is 0 Å². The highest BCUT2D eigenvalue weighted by atomic mass is 16.6. The molecule has 12 heteroatoms. The number of likely N-dealkylation sites (tertiary alicyclic amines) is 1. The van der Waals surface area contributed by atoms with Crippen LogP contribution in [0.25, 0.3) is 21.9 Å². The van der Waals surface area contributed by atoms with Crippen LogP contribution < -0.4 is 15.9 Å². The minimum Gasteiger partial charge on any atom is -0.445 e. The summed E-state index contributed by atoms with van der Waals surface area (Å²) in [4.78, 5) is 43.3. The molecule has 0 aliphatic carbocycles. The number of hydrogen-bond acceptors (Lipinski definition) is 8. The molecule has 4 N–H and O–H groups in total. The van der Waals surface area contributed by atoms with Crippen LogP contribution in [-0.2, 0) is 11.3 Å². The van der Waals surface area contributed by atoms with Gasteiger partial charge in [0.2, 0.25) is 5.95 Å². The lowest BCUT2D eigenvalue weighted by Crippen LogP contribution is -2.41. The van der Waals surface area contributed by atoms with Crippen LogP contribution in [0.3, 0.4) is 0 Å². The van der Waals surface area contributed by atoms with Gasteiger partial charge in [0.05, 0.1) is 28.4 Å². The molecule has 7 rings (SSSR count). The third-order valence-electron chi connectivity index (χ3n) is 7.96. The topological polar surface area (TPSA) is 148 Å². The highest BCUT2D eigenvalue weighted by Crippen LogP contribution is 2.33. The number of benzene rings is 3. The van der Waals surface area contributed by atoms with Crippen LogP contribution in [0.1, 0.15) is 18.4 Å². The van der Waals surface area contributed by atoms with Gasteiger partial charge in [0.15, 0.2) is 0 Å². The second-order valence-electron chi connectivity index (χ2n) is 10.9. The molecule has 0 bridgehead atoms. The van der Waals surface area contributed by atoms with Crippen LogP contribution in [0.15, 0.2) is 90.0 Å². The maximum absolute atomic E-state index is 12.8. The molecule has 1 saturated heterocycles. The van der Waals surface area contributed by atoms with E-state index in [1.165, 1.54) is 0 Å². The molecular formula is C32H31N9O3. The van der Waals surface area contributed by atoms with E-state index in [1.54, 1.807) is 11.1 Å². The zero-order chi connectivity index (χ0) is 29.9. The Hall–Kier alpha value is -5.65. The van der Waals surface area contributed by atoms with Crippen LogP contribution in [0.2, 0.25) is 0 Å². The fourth-order valence-electron chi connectivity index (χ4n) is 5.67. The van der Waals surface area contributed by atoms with Gasteiger partial charge >= 0.3 is 11.8 Å². The van der Waals surface area contributed by atoms with E-state index < -0.39 is 0 Å². The molecular weight excluding hydrogens is 558 g/mol. The van der Waals surface area contributed by atoms with E-state index >= 15 is 0 Å². The van der Waals surface area contributed by atoms with Crippen molar-refractivity contribution >= 4 is 51.2 Å². The Morgan fingerprint density at radius 2 is 1.82 bits per heavy atom. The summed E-state index contributed by atoms with van der Waals surface area (Å²) in [5.41, 5.74) is 4.80. The molecule has 3 aromatic carbocycles. The molecule has 0 radical (unpaired) electrons. The first-order valence-corrected chi connectivity index (χ1v) is 14.6. The first kappa shape index (κ1) is 27.2. The number of amides is 1. The van der Waals surface area contributed by atoms with Crippen molar-refractivity contribution in [2.24, 2.45) is 5.92 Å². The highest BCUT2D eigenvalue weighted by molar-refractivity contribution is 5.93. The Balaban J connectivity index is 1.09. The maximum atomic E-state index is 12.8. The number of aromatic amines is 3. The Bertz CT molecular complexity index is 1960. The predicted molar refractivity (Wildman–Crippen MR) is 168 cm³/mol. The van der Waals surface area contributed by atoms with Crippen molar-refractivity contribution in [3.05, 3.63) is 101 Å². The highest BCUT2D eigenvalue weighted by Gasteiger charge is 2.27. The van der Waals surface area contributed by atoms with E-state index in [-0.39, 0.29) is 18.4 Å². The number of ether oxygens (including phenoxy) is 1. The molecule has 0 spiro atoms. The normalized spacial score (nSPS) is 13.8. The van der Waals surface area contributed by atoms with Crippen molar-refractivity contribution in [2.75, 3.05) is 29.9 Å². The second-order valence-corrected chi connectivity index (χ2v) is 10.9. The zero-order valence-electron chi connectivity index (χ0n) is 23.9. The first-order chi connectivity index (χ1) is 21.6. The van der Waals surface area contributed by atoms with Crippen LogP contribution in [0.4, 0.5) is 27.9 Å². The number of nitrogens with zero attached hydrogens (tertiary/aromatic N) is 5. The molecule has 1 aliphatic heterocycles. The maximum Gasteiger partial charge on any atom is 0.410 e. The lowest BCUT2D eigenvalue weighted by molar-refractivity contribution is 0.0829. The van der Waals surface area contributed by atoms with Crippen LogP contribution in [0, 0.1) is 5.92 Å². The SMILES string of the molecule is O=C(OCc1ccccc1)N1CCC(CN(c2ccnc(Nc3ccc4[nH]c(=O)[nH]c4c3)n2)c2cccc3[nH]ncc23)CC1. The number of rotatable bonds is 8. The fourth-order valence-corrected chi connectivity index (χ4v) is 5.67. The van der Waals surface area contributed by atoms with Gasteiger partial charge in [-0.25, -0.2) is 14.6 Å². The smallest absolute Gasteiger partial charge is 0.410 e. The molecule has 6 aromatic rings. The minimum absolute atomic E-state index is 0.255. The summed E-state index contributed by atoms with van der Waals surface area (Å²) in [6, 6.07) is 23.2. The van der Waals surface area contributed by atoms with E-state index in [2.05, 4.69) is 41.4 Å². The van der Waals surface area contributed by atoms with Gasteiger partial charge in [0.1, 0.15) is 12.4 Å². The van der Waals surface area contributed by atoms with Crippen LogP contribution >= 0.6 is 0 Å². The fraction of sp³-hybridized carbons (Fsp3) is 0.219. The first-order valence-electron chi connectivity index (χ1n) is 14.6. The summed E-state index contributed by atoms with van der Waals surface area (Å²) < 4.78 is 5.57. The van der Waals surface area contributed by atoms with Crippen LogP contribution in [-0.4, -0.2) is 60.8 Å². The van der Waals surface area contributed by atoms with Gasteiger partial charge in [-0.15, -0.1) is 0 Å². The number of H-pyrrole nitrogens is 3. The third-order valence-corrected chi connectivity index (χ3v) is 7.96. The minimum atomic E-state index is -0.277. The molecule has 4 heterocycles. The number of piperidine rings is 1. The number of hydrogen-bond donors (Lipinski definition) is 4. The largest absolute Gasteiger partial charge is 0.445 e. The number of fused-ring (bicyclic) bond motifs is 2. The molecule has 0 unspecified atom stereocenters. The summed E-state index contributed by atoms with van der Waals surface area (Å²) in [6.07, 6.45) is 4.96. The Labute approximate surface area is 252 Å². The predicted octanol–water partition coefficient (Wildman–Crippen LogP) is 5.45. The second kappa shape index (κ2) is 11.9. The number of anilines is 4. The van der Waals surface area contributed by atoms with Gasteiger partial charge in [-0.2, -0.15) is 10.1 Å². The number of aromatic nitrogens is 6. The standard InChI is InChI=1S/C32H31N9O3/c42-31-36-26-10-9-23(17-27(26)37-31)35-30-33-14-11-29(38-30)41(28-8-4-7-25-24(28)18-34-39-25)19-21-12-15-40(16-13-21)32(43)44-20-22-5-2-1-3-6-22/h1-11,14,17-18,21H,12-13,15-16,19-20H2,(H,34,39)(H,33,35,38)(H2,36,37,42). The van der Waals surface area contributed by atoms with Gasteiger partial charge in [0.25, 0.3) is 0 Å². The lowest BCUT2D eigenvalue weighted by atomic mass is 9.96. The third kappa shape index (κ3) is 5.82. The summed E-state index contributed by atoms with van der Waals surface area (Å²) in [7, 11) is 0. The van der Waals surface area contributed by atoms with E-state index in [9.17, 15) is 9.59 Å². The molecule has 0 saturated carbocycles. The molecule has 12 nitrogen and oxygen atoms in total. The summed E-state index contributed by atoms with van der Waals surface area (Å²) in [5.74, 6) is 1.48. The van der Waals surface area contributed by atoms with Crippen molar-refractivity contribution in [2.45, 2.75) is 19.4 Å². The summed E-state index contributed by atoms with van der Waals surface area (Å²) in [5, 5.41) is 11.6. The molecule has 1 fully saturated rings.